The number of nitrogens with zero attached hydrogens (tertiary/aromatic N) is 2. The van der Waals surface area contributed by atoms with Gasteiger partial charge < -0.3 is 5.32 Å². The van der Waals surface area contributed by atoms with E-state index in [9.17, 15) is 4.79 Å². The quantitative estimate of drug-likeness (QED) is 0.619. The Bertz CT molecular complexity index is 1080. The van der Waals surface area contributed by atoms with Crippen LogP contribution in [0.15, 0.2) is 90.5 Å². The maximum absolute atomic E-state index is 12.7. The minimum Gasteiger partial charge on any atom is -0.341 e. The van der Waals surface area contributed by atoms with Gasteiger partial charge in [-0.15, -0.1) is 0 Å². The van der Waals surface area contributed by atoms with E-state index >= 15 is 0 Å². The first kappa shape index (κ1) is 18.4. The summed E-state index contributed by atoms with van der Waals surface area (Å²) in [7, 11) is 0. The highest BCUT2D eigenvalue weighted by atomic mass is 16.1. The number of fused-ring (bicyclic) bond motifs is 1. The topological polar surface area (TPSA) is 46.9 Å². The summed E-state index contributed by atoms with van der Waals surface area (Å²) in [5, 5.41) is 3.88. The highest BCUT2D eigenvalue weighted by Gasteiger charge is 2.13. The van der Waals surface area contributed by atoms with Crippen molar-refractivity contribution in [3.05, 3.63) is 102 Å². The SMILES string of the molecule is C=C/C=C(\C=C)Nc1cc(=O)c2cnc(C(C)C)cc2n1-c1ccccc1. The molecular weight excluding hydrogens is 334 g/mol. The van der Waals surface area contributed by atoms with E-state index in [4.69, 9.17) is 0 Å². The molecule has 3 rings (SSSR count). The molecule has 4 nitrogen and oxygen atoms in total. The lowest BCUT2D eigenvalue weighted by Crippen LogP contribution is -2.14. The third-order valence-corrected chi connectivity index (χ3v) is 4.31. The largest absolute Gasteiger partial charge is 0.341 e. The zero-order valence-corrected chi connectivity index (χ0v) is 15.6. The standard InChI is InChI=1S/C23H23N3O/c1-5-10-17(6-2)25-23-14-22(27)19-15-24-20(16(3)4)13-21(19)26(23)18-11-8-7-9-12-18/h5-16,25H,1-2H2,3-4H3/b17-10+. The molecule has 0 amide bonds. The summed E-state index contributed by atoms with van der Waals surface area (Å²) in [5.74, 6) is 0.919. The van der Waals surface area contributed by atoms with E-state index in [-0.39, 0.29) is 11.3 Å². The summed E-state index contributed by atoms with van der Waals surface area (Å²) in [6, 6.07) is 13.5. The molecule has 0 fully saturated rings. The normalized spacial score (nSPS) is 11.6. The summed E-state index contributed by atoms with van der Waals surface area (Å²) >= 11 is 0. The zero-order valence-electron chi connectivity index (χ0n) is 15.6. The van der Waals surface area contributed by atoms with Crippen molar-refractivity contribution < 1.29 is 0 Å². The van der Waals surface area contributed by atoms with Crippen LogP contribution in [0.4, 0.5) is 5.82 Å². The van der Waals surface area contributed by atoms with Crippen LogP contribution in [0.5, 0.6) is 0 Å². The molecule has 1 N–H and O–H groups in total. The number of anilines is 1. The van der Waals surface area contributed by atoms with E-state index in [0.717, 1.165) is 22.6 Å². The summed E-state index contributed by atoms with van der Waals surface area (Å²) in [4.78, 5) is 17.2. The number of allylic oxidation sites excluding steroid dienone is 3. The van der Waals surface area contributed by atoms with E-state index in [1.165, 1.54) is 0 Å². The van der Waals surface area contributed by atoms with Crippen molar-refractivity contribution in [1.29, 1.82) is 0 Å². The Morgan fingerprint density at radius 1 is 1.19 bits per heavy atom. The molecule has 0 aliphatic carbocycles. The Hall–Kier alpha value is -3.40. The van der Waals surface area contributed by atoms with Crippen molar-refractivity contribution in [2.45, 2.75) is 19.8 Å². The van der Waals surface area contributed by atoms with Crippen LogP contribution in [0.2, 0.25) is 0 Å². The molecule has 0 spiro atoms. The van der Waals surface area contributed by atoms with Crippen molar-refractivity contribution in [3.63, 3.8) is 0 Å². The predicted octanol–water partition coefficient (Wildman–Crippen LogP) is 5.18. The van der Waals surface area contributed by atoms with E-state index in [0.29, 0.717) is 11.2 Å². The van der Waals surface area contributed by atoms with Crippen LogP contribution in [-0.2, 0) is 0 Å². The number of hydrogen-bond acceptors (Lipinski definition) is 3. The maximum Gasteiger partial charge on any atom is 0.193 e. The second-order valence-corrected chi connectivity index (χ2v) is 6.53. The lowest BCUT2D eigenvalue weighted by atomic mass is 10.1. The van der Waals surface area contributed by atoms with Gasteiger partial charge in [0.2, 0.25) is 0 Å². The second kappa shape index (κ2) is 7.87. The molecule has 0 unspecified atom stereocenters. The molecule has 27 heavy (non-hydrogen) atoms. The van der Waals surface area contributed by atoms with Crippen molar-refractivity contribution in [3.8, 4) is 5.69 Å². The summed E-state index contributed by atoms with van der Waals surface area (Å²) in [6.45, 7) is 11.7. The summed E-state index contributed by atoms with van der Waals surface area (Å²) in [6.07, 6.45) is 6.85. The fourth-order valence-electron chi connectivity index (χ4n) is 2.93. The van der Waals surface area contributed by atoms with E-state index < -0.39 is 0 Å². The molecule has 4 heteroatoms. The molecule has 2 heterocycles. The van der Waals surface area contributed by atoms with Crippen molar-refractivity contribution in [1.82, 2.24) is 9.55 Å². The van der Waals surface area contributed by atoms with Crippen LogP contribution in [-0.4, -0.2) is 9.55 Å². The zero-order chi connectivity index (χ0) is 19.4. The van der Waals surface area contributed by atoms with Gasteiger partial charge in [0.1, 0.15) is 5.82 Å². The van der Waals surface area contributed by atoms with Crippen molar-refractivity contribution >= 4 is 16.7 Å². The number of pyridine rings is 2. The molecule has 0 radical (unpaired) electrons. The van der Waals surface area contributed by atoms with Gasteiger partial charge in [-0.3, -0.25) is 14.3 Å². The molecule has 2 aromatic heterocycles. The highest BCUT2D eigenvalue weighted by molar-refractivity contribution is 5.83. The highest BCUT2D eigenvalue weighted by Crippen LogP contribution is 2.25. The number of rotatable bonds is 6. The van der Waals surface area contributed by atoms with Crippen LogP contribution < -0.4 is 10.7 Å². The fourth-order valence-corrected chi connectivity index (χ4v) is 2.93. The Labute approximate surface area is 159 Å². The molecule has 0 aliphatic rings. The maximum atomic E-state index is 12.7. The fraction of sp³-hybridized carbons (Fsp3) is 0.130. The van der Waals surface area contributed by atoms with Gasteiger partial charge in [-0.05, 0) is 36.3 Å². The van der Waals surface area contributed by atoms with Gasteiger partial charge in [0.05, 0.1) is 10.9 Å². The Morgan fingerprint density at radius 2 is 1.93 bits per heavy atom. The number of para-hydroxylation sites is 1. The van der Waals surface area contributed by atoms with E-state index in [1.807, 2.05) is 47.0 Å². The molecule has 0 bridgehead atoms. The molecule has 1 aromatic carbocycles. The Balaban J connectivity index is 2.37. The van der Waals surface area contributed by atoms with Gasteiger partial charge in [-0.1, -0.05) is 51.3 Å². The number of aromatic nitrogens is 2. The number of hydrogen-bond donors (Lipinski definition) is 1. The monoisotopic (exact) mass is 357 g/mol. The van der Waals surface area contributed by atoms with Crippen molar-refractivity contribution in [2.24, 2.45) is 0 Å². The van der Waals surface area contributed by atoms with Gasteiger partial charge in [0.25, 0.3) is 0 Å². The first-order valence-corrected chi connectivity index (χ1v) is 8.88. The Kier molecular flexibility index (Phi) is 5.36. The first-order chi connectivity index (χ1) is 13.0. The molecule has 0 atom stereocenters. The van der Waals surface area contributed by atoms with Crippen molar-refractivity contribution in [2.75, 3.05) is 5.32 Å². The van der Waals surface area contributed by atoms with Crippen LogP contribution in [0.25, 0.3) is 16.6 Å². The number of nitrogens with one attached hydrogen (secondary N) is 1. The van der Waals surface area contributed by atoms with Crippen LogP contribution in [0.1, 0.15) is 25.5 Å². The summed E-state index contributed by atoms with van der Waals surface area (Å²) < 4.78 is 2.03. The molecule has 0 aliphatic heterocycles. The van der Waals surface area contributed by atoms with Gasteiger partial charge in [-0.25, -0.2) is 0 Å². The predicted molar refractivity (Wildman–Crippen MR) is 114 cm³/mol. The molecule has 0 saturated carbocycles. The third kappa shape index (κ3) is 3.75. The first-order valence-electron chi connectivity index (χ1n) is 8.88. The minimum atomic E-state index is -0.0792. The smallest absolute Gasteiger partial charge is 0.193 e. The van der Waals surface area contributed by atoms with E-state index in [1.54, 1.807) is 24.4 Å². The van der Waals surface area contributed by atoms with E-state index in [2.05, 4.69) is 37.3 Å². The van der Waals surface area contributed by atoms with Crippen LogP contribution >= 0.6 is 0 Å². The average Bonchev–Trinajstić information content (AvgIpc) is 2.68. The van der Waals surface area contributed by atoms with Crippen LogP contribution in [0, 0.1) is 0 Å². The molecule has 3 aromatic rings. The average molecular weight is 357 g/mol. The van der Waals surface area contributed by atoms with Gasteiger partial charge in [0, 0.05) is 29.3 Å². The molecular formula is C23H23N3O. The molecule has 136 valence electrons. The minimum absolute atomic E-state index is 0.0792. The van der Waals surface area contributed by atoms with Gasteiger partial charge in [-0.2, -0.15) is 0 Å². The number of benzene rings is 1. The Morgan fingerprint density at radius 3 is 2.56 bits per heavy atom. The molecule has 0 saturated heterocycles. The van der Waals surface area contributed by atoms with Crippen LogP contribution in [0.3, 0.4) is 0 Å². The lowest BCUT2D eigenvalue weighted by Gasteiger charge is -2.19. The summed E-state index contributed by atoms with van der Waals surface area (Å²) in [5.41, 5.74) is 3.38. The van der Waals surface area contributed by atoms with Gasteiger partial charge in [0.15, 0.2) is 5.43 Å². The lowest BCUT2D eigenvalue weighted by molar-refractivity contribution is 0.824. The third-order valence-electron chi connectivity index (χ3n) is 4.31. The van der Waals surface area contributed by atoms with Gasteiger partial charge >= 0.3 is 0 Å². The second-order valence-electron chi connectivity index (χ2n) is 6.53.